The number of fused-ring (bicyclic) bond motifs is 16. The Morgan fingerprint density at radius 2 is 0.976 bits per heavy atom. The van der Waals surface area contributed by atoms with Crippen molar-refractivity contribution in [2.75, 3.05) is 52.4 Å². The summed E-state index contributed by atoms with van der Waals surface area (Å²) in [5, 5.41) is 39.4. The zero-order chi connectivity index (χ0) is 59.7. The van der Waals surface area contributed by atoms with Crippen LogP contribution in [0, 0.1) is 35.5 Å². The first kappa shape index (κ1) is 59.9. The Morgan fingerprint density at radius 1 is 0.529 bits per heavy atom. The second kappa shape index (κ2) is 23.9. The van der Waals surface area contributed by atoms with E-state index in [-0.39, 0.29) is 33.8 Å². The van der Waals surface area contributed by atoms with Crippen LogP contribution in [0.4, 0.5) is 0 Å². The molecule has 5 aromatic carbocycles. The predicted octanol–water partition coefficient (Wildman–Crippen LogP) is 14.2. The van der Waals surface area contributed by atoms with Crippen molar-refractivity contribution >= 4 is 5.78 Å². The summed E-state index contributed by atoms with van der Waals surface area (Å²) in [4.78, 5) is 23.4. The SMILES string of the molecule is CC(C)=CCN1CC[C@@]2(C)c3cc(O)ccc3CC1[C@@H]2C.CC1[C@H]2C(=O)c3ccc(O)cc3[C@@H]1CCN2CC1CC1.C[C@H]1C2Cc3ccc(O)cc3[C@]1(C)CCN2CC1CC1.C[C@H]1C2Cc3ccc(O)cc3[C@]1(C)CCN2CCc1ccccc1. The van der Waals surface area contributed by atoms with Crippen molar-refractivity contribution in [1.29, 1.82) is 0 Å². The van der Waals surface area contributed by atoms with Crippen LogP contribution < -0.4 is 0 Å². The normalized spacial score (nSPS) is 32.5. The predicted molar refractivity (Wildman–Crippen MR) is 344 cm³/mol. The molecule has 2 saturated carbocycles. The number of nitrogens with zero attached hydrogens (tertiary/aromatic N) is 4. The van der Waals surface area contributed by atoms with Crippen LogP contribution in [0.2, 0.25) is 0 Å². The second-order valence-corrected chi connectivity index (χ2v) is 29.5. The Hall–Kier alpha value is -5.45. The molecule has 85 heavy (non-hydrogen) atoms. The summed E-state index contributed by atoms with van der Waals surface area (Å²) in [5.74, 6) is 6.33. The average molecular weight is 1150 g/mol. The molecule has 12 atom stereocenters. The van der Waals surface area contributed by atoms with Crippen LogP contribution in [-0.4, -0.2) is 122 Å². The van der Waals surface area contributed by atoms with E-state index in [0.717, 1.165) is 87.9 Å². The molecule has 454 valence electrons. The minimum absolute atomic E-state index is 0.0615. The van der Waals surface area contributed by atoms with Crippen LogP contribution in [0.15, 0.2) is 115 Å². The van der Waals surface area contributed by atoms with Crippen molar-refractivity contribution in [3.05, 3.63) is 165 Å². The van der Waals surface area contributed by atoms with Crippen molar-refractivity contribution < 1.29 is 25.2 Å². The minimum Gasteiger partial charge on any atom is -0.508 e. The van der Waals surface area contributed by atoms with Crippen LogP contribution in [0.3, 0.4) is 0 Å². The molecule has 0 radical (unpaired) electrons. The van der Waals surface area contributed by atoms with Crippen LogP contribution in [-0.2, 0) is 41.9 Å². The number of rotatable bonds is 9. The van der Waals surface area contributed by atoms with Gasteiger partial charge in [-0.25, -0.2) is 0 Å². The fourth-order valence-electron chi connectivity index (χ4n) is 17.8. The molecule has 9 heteroatoms. The third-order valence-electron chi connectivity index (χ3n) is 24.2. The topological polar surface area (TPSA) is 111 Å². The maximum absolute atomic E-state index is 12.8. The number of hydrogen-bond acceptors (Lipinski definition) is 9. The van der Waals surface area contributed by atoms with Gasteiger partial charge in [0, 0.05) is 49.9 Å². The van der Waals surface area contributed by atoms with E-state index < -0.39 is 0 Å². The molecule has 4 heterocycles. The Labute approximate surface area is 509 Å². The van der Waals surface area contributed by atoms with Crippen LogP contribution in [0.1, 0.15) is 174 Å². The second-order valence-electron chi connectivity index (χ2n) is 29.5. The molecule has 15 rings (SSSR count). The van der Waals surface area contributed by atoms with E-state index in [4.69, 9.17) is 0 Å². The van der Waals surface area contributed by atoms with Gasteiger partial charge in [0.05, 0.1) is 6.04 Å². The van der Waals surface area contributed by atoms with Gasteiger partial charge in [-0.3, -0.25) is 24.4 Å². The molecule has 0 aromatic heterocycles. The number of allylic oxidation sites excluding steroid dienone is 1. The van der Waals surface area contributed by atoms with E-state index in [9.17, 15) is 25.2 Å². The lowest BCUT2D eigenvalue weighted by Gasteiger charge is -2.54. The van der Waals surface area contributed by atoms with E-state index in [1.165, 1.54) is 109 Å². The van der Waals surface area contributed by atoms with Gasteiger partial charge in [-0.15, -0.1) is 0 Å². The molecule has 4 aliphatic heterocycles. The maximum Gasteiger partial charge on any atom is 0.180 e. The lowest BCUT2D eigenvalue weighted by Crippen LogP contribution is -2.58. The number of benzene rings is 5. The zero-order valence-corrected chi connectivity index (χ0v) is 52.9. The van der Waals surface area contributed by atoms with Crippen LogP contribution in [0.5, 0.6) is 23.0 Å². The highest BCUT2D eigenvalue weighted by molar-refractivity contribution is 6.03. The molecule has 8 bridgehead atoms. The number of likely N-dealkylation sites (tertiary alicyclic amines) is 4. The first-order valence-corrected chi connectivity index (χ1v) is 33.2. The fourth-order valence-corrected chi connectivity index (χ4v) is 17.8. The lowest BCUT2D eigenvalue weighted by atomic mass is 9.59. The van der Waals surface area contributed by atoms with E-state index in [1.54, 1.807) is 12.1 Å². The van der Waals surface area contributed by atoms with Gasteiger partial charge in [0.1, 0.15) is 23.0 Å². The van der Waals surface area contributed by atoms with Gasteiger partial charge < -0.3 is 20.4 Å². The Morgan fingerprint density at radius 3 is 1.48 bits per heavy atom. The largest absolute Gasteiger partial charge is 0.508 e. The molecule has 0 amide bonds. The van der Waals surface area contributed by atoms with E-state index >= 15 is 0 Å². The summed E-state index contributed by atoms with van der Waals surface area (Å²) < 4.78 is 0. The first-order valence-electron chi connectivity index (χ1n) is 33.2. The molecular weight excluding hydrogens is 1050 g/mol. The third-order valence-corrected chi connectivity index (χ3v) is 24.2. The highest BCUT2D eigenvalue weighted by atomic mass is 16.3. The monoisotopic (exact) mass is 1150 g/mol. The number of phenols is 4. The molecular formula is C76H100N4O5. The molecule has 4 unspecified atom stereocenters. The number of aromatic hydroxyl groups is 4. The number of carbonyl (C=O) groups excluding carboxylic acids is 1. The van der Waals surface area contributed by atoms with Crippen molar-refractivity contribution in [1.82, 2.24) is 19.6 Å². The van der Waals surface area contributed by atoms with Gasteiger partial charge in [-0.1, -0.05) is 109 Å². The standard InChI is InChI=1S/C22H27NO.C19H27NO.C18H25NO.C17H21NO2/c1-16-21-14-18-8-9-19(24)15-20(18)22(16,2)11-13-23(21)12-10-17-6-4-3-5-7-17;1-13(2)7-9-20-10-8-19(4)14(3)18(20)11-15-5-6-16(21)12-17(15)19;1-12-17-9-14-5-6-15(20)10-16(14)18(12,2)7-8-19(17)11-13-3-4-13;1-10-13-6-7-18(9-11-2-3-11)16(10)17(20)14-5-4-12(19)8-15(13)14/h3-9,15-16,21,24H,10-14H2,1-2H3;5-7,12,14,18,21H,8-11H2,1-4H3;5-6,10,12-13,17,20H,3-4,7-9,11H2,1-2H3;4-5,8,10-11,13,16,19H,2-3,6-7,9H2,1H3/t16-,21?,22+;14-,18?,19+;12-,17?,18+;10?,13-,16+/m0001/s1. The van der Waals surface area contributed by atoms with Crippen molar-refractivity contribution in [3.63, 3.8) is 0 Å². The lowest BCUT2D eigenvalue weighted by molar-refractivity contribution is 0.0283. The first-order chi connectivity index (χ1) is 40.7. The van der Waals surface area contributed by atoms with Crippen molar-refractivity contribution in [2.45, 2.75) is 186 Å². The highest BCUT2D eigenvalue weighted by Crippen LogP contribution is 2.53. The summed E-state index contributed by atoms with van der Waals surface area (Å²) in [7, 11) is 0. The van der Waals surface area contributed by atoms with Crippen LogP contribution >= 0.6 is 0 Å². The van der Waals surface area contributed by atoms with Gasteiger partial charge in [0.2, 0.25) is 0 Å². The molecule has 6 aliphatic carbocycles. The van der Waals surface area contributed by atoms with Gasteiger partial charge in [0.15, 0.2) is 5.78 Å². The summed E-state index contributed by atoms with van der Waals surface area (Å²) in [5.41, 5.74) is 13.9. The zero-order valence-electron chi connectivity index (χ0n) is 52.9. The molecule has 4 saturated heterocycles. The number of Topliss-reactive ketones (excluding diaryl/α,β-unsaturated/α-hetero) is 1. The molecule has 0 spiro atoms. The van der Waals surface area contributed by atoms with Crippen molar-refractivity contribution in [2.24, 2.45) is 35.5 Å². The van der Waals surface area contributed by atoms with Crippen LogP contribution in [0.25, 0.3) is 0 Å². The summed E-state index contributed by atoms with van der Waals surface area (Å²) >= 11 is 0. The number of piperidine rings is 4. The maximum atomic E-state index is 12.8. The molecule has 5 aromatic rings. The Bertz CT molecular complexity index is 3260. The summed E-state index contributed by atoms with van der Waals surface area (Å²) in [6, 6.07) is 36.1. The van der Waals surface area contributed by atoms with Crippen molar-refractivity contribution in [3.8, 4) is 23.0 Å². The number of ketones is 1. The third kappa shape index (κ3) is 11.8. The highest BCUT2D eigenvalue weighted by Gasteiger charge is 2.52. The fraction of sp³-hybridized carbons (Fsp3) is 0.566. The average Bonchev–Trinajstić information content (AvgIpc) is 2.39. The van der Waals surface area contributed by atoms with E-state index in [2.05, 4.69) is 137 Å². The number of hydrogen-bond donors (Lipinski definition) is 4. The Balaban J connectivity index is 0.000000111. The minimum atomic E-state index is 0.0615. The van der Waals surface area contributed by atoms with Gasteiger partial charge in [-0.2, -0.15) is 0 Å². The van der Waals surface area contributed by atoms with E-state index in [1.807, 2.05) is 42.5 Å². The quantitative estimate of drug-likeness (QED) is 0.107. The summed E-state index contributed by atoms with van der Waals surface area (Å²) in [6.07, 6.45) is 17.1. The van der Waals surface area contributed by atoms with Gasteiger partial charge in [-0.05, 0) is 274 Å². The summed E-state index contributed by atoms with van der Waals surface area (Å²) in [6.45, 7) is 30.2. The van der Waals surface area contributed by atoms with Gasteiger partial charge in [0.25, 0.3) is 0 Å². The molecule has 9 nitrogen and oxygen atoms in total. The number of carbonyl (C=O) groups is 1. The molecule has 4 N–H and O–H groups in total. The number of phenolic OH excluding ortho intramolecular Hbond substituents is 4. The van der Waals surface area contributed by atoms with Gasteiger partial charge >= 0.3 is 0 Å². The smallest absolute Gasteiger partial charge is 0.180 e. The molecule has 6 fully saturated rings. The van der Waals surface area contributed by atoms with E-state index in [0.29, 0.717) is 65.0 Å². The Kier molecular flexibility index (Phi) is 16.8. The molecule has 10 aliphatic rings.